The summed E-state index contributed by atoms with van der Waals surface area (Å²) in [6.07, 6.45) is 3.96. The van der Waals surface area contributed by atoms with Crippen molar-refractivity contribution in [2.75, 3.05) is 31.1 Å². The minimum Gasteiger partial charge on any atom is -0.363 e. The van der Waals surface area contributed by atoms with Crippen LogP contribution in [-0.4, -0.2) is 45.8 Å². The van der Waals surface area contributed by atoms with Gasteiger partial charge in [-0.3, -0.25) is 15.0 Å². The number of nitro groups is 1. The van der Waals surface area contributed by atoms with Crippen molar-refractivity contribution in [2.24, 2.45) is 0 Å². The zero-order valence-electron chi connectivity index (χ0n) is 14.9. The average Bonchev–Trinajstić information content (AvgIpc) is 3.18. The van der Waals surface area contributed by atoms with Crippen LogP contribution in [0.2, 0.25) is 0 Å². The molecule has 1 saturated heterocycles. The number of benzene rings is 2. The number of rotatable bonds is 5. The minimum absolute atomic E-state index is 0.176. The Bertz CT molecular complexity index is 917. The summed E-state index contributed by atoms with van der Waals surface area (Å²) < 4.78 is 1.89. The Morgan fingerprint density at radius 1 is 0.963 bits per heavy atom. The van der Waals surface area contributed by atoms with E-state index in [0.717, 1.165) is 44.0 Å². The van der Waals surface area contributed by atoms with Gasteiger partial charge < -0.3 is 4.90 Å². The molecule has 7 nitrogen and oxygen atoms in total. The maximum absolute atomic E-state index is 11.2. The Hall–Kier alpha value is -3.19. The van der Waals surface area contributed by atoms with Gasteiger partial charge in [0, 0.05) is 50.6 Å². The van der Waals surface area contributed by atoms with Crippen molar-refractivity contribution in [3.63, 3.8) is 0 Å². The SMILES string of the molecule is O=[N+]([O-])c1ccccc1N1CCN(Cc2cnn(-c3ccccc3)c2)CC1. The number of nitro benzene ring substituents is 1. The lowest BCUT2D eigenvalue weighted by Gasteiger charge is -2.35. The van der Waals surface area contributed by atoms with Gasteiger partial charge in [-0.25, -0.2) is 4.68 Å². The van der Waals surface area contributed by atoms with Gasteiger partial charge in [-0.2, -0.15) is 5.10 Å². The second-order valence-electron chi connectivity index (χ2n) is 6.64. The van der Waals surface area contributed by atoms with Gasteiger partial charge in [-0.1, -0.05) is 30.3 Å². The standard InChI is InChI=1S/C20H21N5O2/c26-25(27)20-9-5-4-8-19(20)23-12-10-22(11-13-23)15-17-14-21-24(16-17)18-6-2-1-3-7-18/h1-9,14,16H,10-13,15H2. The van der Waals surface area contributed by atoms with Crippen LogP contribution in [0, 0.1) is 10.1 Å². The molecule has 0 bridgehead atoms. The topological polar surface area (TPSA) is 67.4 Å². The molecule has 2 heterocycles. The van der Waals surface area contributed by atoms with E-state index >= 15 is 0 Å². The van der Waals surface area contributed by atoms with Gasteiger partial charge in [0.25, 0.3) is 5.69 Å². The first-order chi connectivity index (χ1) is 13.2. The van der Waals surface area contributed by atoms with Gasteiger partial charge in [0.2, 0.25) is 0 Å². The van der Waals surface area contributed by atoms with Gasteiger partial charge in [0.15, 0.2) is 0 Å². The molecule has 1 aliphatic rings. The number of aromatic nitrogens is 2. The molecule has 1 aromatic heterocycles. The summed E-state index contributed by atoms with van der Waals surface area (Å²) in [6, 6.07) is 17.0. The number of nitrogens with zero attached hydrogens (tertiary/aromatic N) is 5. The number of piperazine rings is 1. The van der Waals surface area contributed by atoms with Crippen LogP contribution in [0.5, 0.6) is 0 Å². The fourth-order valence-electron chi connectivity index (χ4n) is 3.45. The zero-order valence-corrected chi connectivity index (χ0v) is 14.9. The van der Waals surface area contributed by atoms with Gasteiger partial charge in [0.05, 0.1) is 16.8 Å². The zero-order chi connectivity index (χ0) is 18.6. The molecule has 0 unspecified atom stereocenters. The monoisotopic (exact) mass is 363 g/mol. The second-order valence-corrected chi connectivity index (χ2v) is 6.64. The second kappa shape index (κ2) is 7.59. The largest absolute Gasteiger partial charge is 0.363 e. The third kappa shape index (κ3) is 3.83. The summed E-state index contributed by atoms with van der Waals surface area (Å²) in [4.78, 5) is 15.4. The smallest absolute Gasteiger partial charge is 0.292 e. The van der Waals surface area contributed by atoms with Crippen LogP contribution in [0.3, 0.4) is 0 Å². The Balaban J connectivity index is 1.38. The molecule has 1 fully saturated rings. The maximum atomic E-state index is 11.2. The Morgan fingerprint density at radius 2 is 1.67 bits per heavy atom. The van der Waals surface area contributed by atoms with E-state index in [2.05, 4.69) is 21.1 Å². The minimum atomic E-state index is -0.306. The van der Waals surface area contributed by atoms with Crippen molar-refractivity contribution < 1.29 is 4.92 Å². The quantitative estimate of drug-likeness (QED) is 0.515. The summed E-state index contributed by atoms with van der Waals surface area (Å²) >= 11 is 0. The van der Waals surface area contributed by atoms with Gasteiger partial charge in [-0.05, 0) is 18.2 Å². The fourth-order valence-corrected chi connectivity index (χ4v) is 3.45. The Kier molecular flexibility index (Phi) is 4.84. The van der Waals surface area contributed by atoms with E-state index in [-0.39, 0.29) is 10.6 Å². The van der Waals surface area contributed by atoms with Crippen LogP contribution in [0.25, 0.3) is 5.69 Å². The number of hydrogen-bond acceptors (Lipinski definition) is 5. The molecule has 138 valence electrons. The lowest BCUT2D eigenvalue weighted by molar-refractivity contribution is -0.384. The van der Waals surface area contributed by atoms with Crippen LogP contribution < -0.4 is 4.90 Å². The van der Waals surface area contributed by atoms with E-state index < -0.39 is 0 Å². The molecule has 0 aliphatic carbocycles. The van der Waals surface area contributed by atoms with Crippen LogP contribution >= 0.6 is 0 Å². The van der Waals surface area contributed by atoms with Gasteiger partial charge >= 0.3 is 0 Å². The van der Waals surface area contributed by atoms with E-state index in [4.69, 9.17) is 0 Å². The number of hydrogen-bond donors (Lipinski definition) is 0. The summed E-state index contributed by atoms with van der Waals surface area (Å²) in [5.74, 6) is 0. The molecule has 0 atom stereocenters. The Labute approximate surface area is 157 Å². The molecule has 3 aromatic rings. The summed E-state index contributed by atoms with van der Waals surface area (Å²) in [7, 11) is 0. The molecule has 0 spiro atoms. The van der Waals surface area contributed by atoms with Crippen molar-refractivity contribution >= 4 is 11.4 Å². The highest BCUT2D eigenvalue weighted by Crippen LogP contribution is 2.28. The van der Waals surface area contributed by atoms with Crippen molar-refractivity contribution in [3.8, 4) is 5.69 Å². The highest BCUT2D eigenvalue weighted by atomic mass is 16.6. The lowest BCUT2D eigenvalue weighted by atomic mass is 10.2. The lowest BCUT2D eigenvalue weighted by Crippen LogP contribution is -2.46. The first-order valence-electron chi connectivity index (χ1n) is 9.00. The van der Waals surface area contributed by atoms with Crippen LogP contribution in [0.4, 0.5) is 11.4 Å². The summed E-state index contributed by atoms with van der Waals surface area (Å²) in [5, 5.41) is 15.7. The van der Waals surface area contributed by atoms with Crippen LogP contribution in [0.15, 0.2) is 67.0 Å². The number of para-hydroxylation sites is 3. The summed E-state index contributed by atoms with van der Waals surface area (Å²) in [6.45, 7) is 4.11. The molecular formula is C20H21N5O2. The van der Waals surface area contributed by atoms with Crippen molar-refractivity contribution in [3.05, 3.63) is 82.7 Å². The molecule has 1 aliphatic heterocycles. The third-order valence-electron chi connectivity index (χ3n) is 4.85. The Morgan fingerprint density at radius 3 is 2.41 bits per heavy atom. The maximum Gasteiger partial charge on any atom is 0.292 e. The predicted molar refractivity (Wildman–Crippen MR) is 104 cm³/mol. The van der Waals surface area contributed by atoms with E-state index in [1.165, 1.54) is 0 Å². The average molecular weight is 363 g/mol. The van der Waals surface area contributed by atoms with Crippen molar-refractivity contribution in [2.45, 2.75) is 6.54 Å². The van der Waals surface area contributed by atoms with Gasteiger partial charge in [0.1, 0.15) is 5.69 Å². The fraction of sp³-hybridized carbons (Fsp3) is 0.250. The van der Waals surface area contributed by atoms with Crippen LogP contribution in [0.1, 0.15) is 5.56 Å². The number of anilines is 1. The molecule has 0 radical (unpaired) electrons. The van der Waals surface area contributed by atoms with Crippen molar-refractivity contribution in [1.82, 2.24) is 14.7 Å². The first kappa shape index (κ1) is 17.2. The molecule has 0 amide bonds. The highest BCUT2D eigenvalue weighted by Gasteiger charge is 2.23. The molecular weight excluding hydrogens is 342 g/mol. The predicted octanol–water partition coefficient (Wildman–Crippen LogP) is 3.10. The molecule has 0 saturated carbocycles. The molecule has 7 heteroatoms. The third-order valence-corrected chi connectivity index (χ3v) is 4.85. The molecule has 4 rings (SSSR count). The first-order valence-corrected chi connectivity index (χ1v) is 9.00. The normalized spacial score (nSPS) is 15.0. The molecule has 0 N–H and O–H groups in total. The highest BCUT2D eigenvalue weighted by molar-refractivity contribution is 5.63. The van der Waals surface area contributed by atoms with E-state index in [1.807, 2.05) is 53.3 Å². The van der Waals surface area contributed by atoms with E-state index in [9.17, 15) is 10.1 Å². The molecule has 27 heavy (non-hydrogen) atoms. The van der Waals surface area contributed by atoms with Crippen LogP contribution in [-0.2, 0) is 6.54 Å². The molecule has 2 aromatic carbocycles. The van der Waals surface area contributed by atoms with Crippen molar-refractivity contribution in [1.29, 1.82) is 0 Å². The van der Waals surface area contributed by atoms with E-state index in [0.29, 0.717) is 5.69 Å². The van der Waals surface area contributed by atoms with E-state index in [1.54, 1.807) is 12.1 Å². The van der Waals surface area contributed by atoms with Gasteiger partial charge in [-0.15, -0.1) is 0 Å². The summed E-state index contributed by atoms with van der Waals surface area (Å²) in [5.41, 5.74) is 3.09.